The number of nitrogens with zero attached hydrogens (tertiary/aromatic N) is 1. The second kappa shape index (κ2) is 3.91. The van der Waals surface area contributed by atoms with E-state index in [9.17, 15) is 9.18 Å². The lowest BCUT2D eigenvalue weighted by atomic mass is 10.1. The molecule has 1 fully saturated rings. The van der Waals surface area contributed by atoms with Crippen LogP contribution in [0.25, 0.3) is 0 Å². The van der Waals surface area contributed by atoms with E-state index in [1.807, 2.05) is 6.07 Å². The molecule has 3 nitrogen and oxygen atoms in total. The van der Waals surface area contributed by atoms with Crippen molar-refractivity contribution in [3.05, 3.63) is 23.5 Å². The van der Waals surface area contributed by atoms with Gasteiger partial charge in [-0.15, -0.1) is 0 Å². The summed E-state index contributed by atoms with van der Waals surface area (Å²) in [6, 6.07) is 3.14. The number of carbonyl (C=O) groups is 1. The van der Waals surface area contributed by atoms with Crippen LogP contribution < -0.4 is 10.2 Å². The van der Waals surface area contributed by atoms with Crippen LogP contribution in [-0.4, -0.2) is 30.0 Å². The first kappa shape index (κ1) is 10.9. The Labute approximate surface area is 103 Å². The van der Waals surface area contributed by atoms with Gasteiger partial charge in [-0.3, -0.25) is 4.79 Å². The standard InChI is InChI=1S/C12H13FN2OS/c1-7-4-10-9(5-8(7)13)14-12(16)11-6-17-3-2-15(10)11/h4-5,11H,2-3,6H2,1H3,(H,14,16). The third-order valence-electron chi connectivity index (χ3n) is 3.28. The molecule has 1 amide bonds. The Morgan fingerprint density at radius 1 is 1.53 bits per heavy atom. The summed E-state index contributed by atoms with van der Waals surface area (Å²) in [5.41, 5.74) is 2.17. The van der Waals surface area contributed by atoms with Crippen LogP contribution in [0.4, 0.5) is 15.8 Å². The molecule has 0 aliphatic carbocycles. The monoisotopic (exact) mass is 252 g/mol. The number of hydrogen-bond donors (Lipinski definition) is 1. The van der Waals surface area contributed by atoms with Gasteiger partial charge in [0.05, 0.1) is 11.4 Å². The predicted octanol–water partition coefficient (Wildman–Crippen LogP) is 2.01. The molecular weight excluding hydrogens is 239 g/mol. The van der Waals surface area contributed by atoms with Gasteiger partial charge < -0.3 is 10.2 Å². The first-order valence-electron chi connectivity index (χ1n) is 5.62. The molecule has 2 aliphatic heterocycles. The van der Waals surface area contributed by atoms with Crippen molar-refractivity contribution in [3.63, 3.8) is 0 Å². The molecule has 0 saturated carbocycles. The summed E-state index contributed by atoms with van der Waals surface area (Å²) >= 11 is 1.79. The van der Waals surface area contributed by atoms with Gasteiger partial charge in [-0.25, -0.2) is 4.39 Å². The van der Waals surface area contributed by atoms with E-state index >= 15 is 0 Å². The third kappa shape index (κ3) is 1.69. The highest BCUT2D eigenvalue weighted by molar-refractivity contribution is 7.99. The molecule has 0 spiro atoms. The van der Waals surface area contributed by atoms with Crippen molar-refractivity contribution in [3.8, 4) is 0 Å². The molecule has 90 valence electrons. The van der Waals surface area contributed by atoms with Crippen LogP contribution in [0.15, 0.2) is 12.1 Å². The van der Waals surface area contributed by atoms with Gasteiger partial charge in [-0.2, -0.15) is 11.8 Å². The number of benzene rings is 1. The van der Waals surface area contributed by atoms with Gasteiger partial charge >= 0.3 is 0 Å². The Bertz CT molecular complexity index is 492. The van der Waals surface area contributed by atoms with Gasteiger partial charge in [0.25, 0.3) is 0 Å². The summed E-state index contributed by atoms with van der Waals surface area (Å²) in [6.07, 6.45) is 0. The van der Waals surface area contributed by atoms with E-state index in [1.54, 1.807) is 18.7 Å². The fourth-order valence-corrected chi connectivity index (χ4v) is 3.38. The highest BCUT2D eigenvalue weighted by Crippen LogP contribution is 2.36. The van der Waals surface area contributed by atoms with Gasteiger partial charge in [0, 0.05) is 18.1 Å². The molecule has 3 rings (SSSR count). The zero-order valence-corrected chi connectivity index (χ0v) is 10.3. The largest absolute Gasteiger partial charge is 0.356 e. The van der Waals surface area contributed by atoms with Gasteiger partial charge in [0.15, 0.2) is 0 Å². The van der Waals surface area contributed by atoms with E-state index in [0.29, 0.717) is 11.3 Å². The van der Waals surface area contributed by atoms with Crippen molar-refractivity contribution in [1.82, 2.24) is 0 Å². The molecule has 1 atom stereocenters. The fraction of sp³-hybridized carbons (Fsp3) is 0.417. The van der Waals surface area contributed by atoms with Crippen molar-refractivity contribution in [1.29, 1.82) is 0 Å². The number of hydrogen-bond acceptors (Lipinski definition) is 3. The maximum Gasteiger partial charge on any atom is 0.247 e. The quantitative estimate of drug-likeness (QED) is 0.766. The topological polar surface area (TPSA) is 32.3 Å². The second-order valence-corrected chi connectivity index (χ2v) is 5.54. The van der Waals surface area contributed by atoms with E-state index < -0.39 is 0 Å². The minimum Gasteiger partial charge on any atom is -0.356 e. The molecule has 2 heterocycles. The number of carbonyl (C=O) groups excluding carboxylic acids is 1. The summed E-state index contributed by atoms with van der Waals surface area (Å²) in [6.45, 7) is 2.60. The lowest BCUT2D eigenvalue weighted by molar-refractivity contribution is -0.117. The van der Waals surface area contributed by atoms with Crippen LogP contribution >= 0.6 is 11.8 Å². The summed E-state index contributed by atoms with van der Waals surface area (Å²) in [5, 5.41) is 2.79. The van der Waals surface area contributed by atoms with Gasteiger partial charge in [0.2, 0.25) is 5.91 Å². The summed E-state index contributed by atoms with van der Waals surface area (Å²) in [4.78, 5) is 14.0. The summed E-state index contributed by atoms with van der Waals surface area (Å²) < 4.78 is 13.5. The SMILES string of the molecule is Cc1cc2c(cc1F)NC(=O)C1CSCCN21. The number of anilines is 2. The van der Waals surface area contributed by atoms with Crippen molar-refractivity contribution < 1.29 is 9.18 Å². The molecule has 0 radical (unpaired) electrons. The Hall–Kier alpha value is -1.23. The molecule has 17 heavy (non-hydrogen) atoms. The maximum absolute atomic E-state index is 13.5. The number of halogens is 1. The highest BCUT2D eigenvalue weighted by atomic mass is 32.2. The van der Waals surface area contributed by atoms with Gasteiger partial charge in [-0.05, 0) is 24.6 Å². The van der Waals surface area contributed by atoms with E-state index in [4.69, 9.17) is 0 Å². The van der Waals surface area contributed by atoms with Crippen LogP contribution in [0.5, 0.6) is 0 Å². The molecule has 5 heteroatoms. The number of fused-ring (bicyclic) bond motifs is 3. The number of rotatable bonds is 0. The maximum atomic E-state index is 13.5. The predicted molar refractivity (Wildman–Crippen MR) is 68.2 cm³/mol. The third-order valence-corrected chi connectivity index (χ3v) is 4.30. The van der Waals surface area contributed by atoms with Crippen LogP contribution in [0.1, 0.15) is 5.56 Å². The van der Waals surface area contributed by atoms with E-state index in [0.717, 1.165) is 23.7 Å². The molecule has 2 aliphatic rings. The zero-order valence-electron chi connectivity index (χ0n) is 9.50. The molecule has 0 aromatic heterocycles. The Kier molecular flexibility index (Phi) is 2.50. The van der Waals surface area contributed by atoms with Crippen LogP contribution in [0.2, 0.25) is 0 Å². The Morgan fingerprint density at radius 2 is 2.35 bits per heavy atom. The summed E-state index contributed by atoms with van der Waals surface area (Å²) in [5.74, 6) is 1.53. The molecule has 1 aromatic carbocycles. The first-order chi connectivity index (χ1) is 8.16. The molecule has 0 bridgehead atoms. The van der Waals surface area contributed by atoms with E-state index in [1.165, 1.54) is 6.07 Å². The number of nitrogens with one attached hydrogen (secondary N) is 1. The van der Waals surface area contributed by atoms with Crippen molar-refractivity contribution in [2.24, 2.45) is 0 Å². The van der Waals surface area contributed by atoms with Crippen molar-refractivity contribution in [2.75, 3.05) is 28.3 Å². The van der Waals surface area contributed by atoms with Crippen LogP contribution in [-0.2, 0) is 4.79 Å². The lowest BCUT2D eigenvalue weighted by Gasteiger charge is -2.40. The van der Waals surface area contributed by atoms with Gasteiger partial charge in [-0.1, -0.05) is 0 Å². The Morgan fingerprint density at radius 3 is 3.18 bits per heavy atom. The lowest BCUT2D eigenvalue weighted by Crippen LogP contribution is -2.52. The molecule has 1 saturated heterocycles. The minimum absolute atomic E-state index is 0.0204. The molecule has 1 N–H and O–H groups in total. The van der Waals surface area contributed by atoms with E-state index in [2.05, 4.69) is 10.2 Å². The van der Waals surface area contributed by atoms with Crippen LogP contribution in [0, 0.1) is 12.7 Å². The van der Waals surface area contributed by atoms with E-state index in [-0.39, 0.29) is 17.8 Å². The number of amides is 1. The van der Waals surface area contributed by atoms with Crippen molar-refractivity contribution in [2.45, 2.75) is 13.0 Å². The average Bonchev–Trinajstić information content (AvgIpc) is 2.32. The molecule has 1 unspecified atom stereocenters. The molecule has 1 aromatic rings. The van der Waals surface area contributed by atoms with Crippen molar-refractivity contribution >= 4 is 29.0 Å². The minimum atomic E-state index is -0.270. The van der Waals surface area contributed by atoms with Gasteiger partial charge in [0.1, 0.15) is 11.9 Å². The smallest absolute Gasteiger partial charge is 0.247 e. The number of aryl methyl sites for hydroxylation is 1. The normalized spacial score (nSPS) is 22.8. The zero-order chi connectivity index (χ0) is 12.0. The number of thioether (sulfide) groups is 1. The first-order valence-corrected chi connectivity index (χ1v) is 6.77. The average molecular weight is 252 g/mol. The second-order valence-electron chi connectivity index (χ2n) is 4.39. The molecular formula is C12H13FN2OS. The fourth-order valence-electron chi connectivity index (χ4n) is 2.33. The Balaban J connectivity index is 2.10. The van der Waals surface area contributed by atoms with Crippen LogP contribution in [0.3, 0.4) is 0 Å². The highest BCUT2D eigenvalue weighted by Gasteiger charge is 2.35. The summed E-state index contributed by atoms with van der Waals surface area (Å²) in [7, 11) is 0.